The molecule has 0 fully saturated rings. The second-order valence-corrected chi connectivity index (χ2v) is 9.35. The Morgan fingerprint density at radius 1 is 0.714 bits per heavy atom. The summed E-state index contributed by atoms with van der Waals surface area (Å²) in [5.41, 5.74) is 6.06. The average molecular weight is 471 g/mol. The van der Waals surface area contributed by atoms with Gasteiger partial charge >= 0.3 is 0 Å². The molecule has 35 heavy (non-hydrogen) atoms. The molecule has 0 atom stereocenters. The molecule has 3 aromatic heterocycles. The first kappa shape index (κ1) is 21.2. The zero-order chi connectivity index (χ0) is 23.5. The van der Waals surface area contributed by atoms with Crippen molar-refractivity contribution in [1.29, 1.82) is 0 Å². The molecule has 6 rings (SSSR count). The lowest BCUT2D eigenvalue weighted by atomic mass is 9.97. The van der Waals surface area contributed by atoms with Gasteiger partial charge in [0, 0.05) is 40.3 Å². The zero-order valence-electron chi connectivity index (χ0n) is 18.9. The summed E-state index contributed by atoms with van der Waals surface area (Å²) in [6.07, 6.45) is 4.38. The molecule has 0 saturated carbocycles. The van der Waals surface area contributed by atoms with Crippen LogP contribution in [0.2, 0.25) is 0 Å². The number of pyridine rings is 1. The van der Waals surface area contributed by atoms with E-state index in [2.05, 4.69) is 71.0 Å². The summed E-state index contributed by atoms with van der Waals surface area (Å²) in [6.45, 7) is 0. The van der Waals surface area contributed by atoms with Crippen molar-refractivity contribution in [1.82, 2.24) is 15.0 Å². The van der Waals surface area contributed by atoms with Gasteiger partial charge in [-0.2, -0.15) is 0 Å². The molecule has 0 spiro atoms. The third-order valence-corrected chi connectivity index (χ3v) is 6.98. The molecule has 3 heterocycles. The molecule has 1 N–H and O–H groups in total. The second kappa shape index (κ2) is 9.49. The minimum atomic E-state index is 0.569. The predicted molar refractivity (Wildman–Crippen MR) is 145 cm³/mol. The standard InChI is InChI=1S/C30H22N4S/c1-3-10-21(11-4-1)18-25-28(23-13-9-17-31-20-23)33-30(32-24-14-5-2-6-15-24)34-29(25)27-19-22-12-7-8-16-26(22)35-27/h1-17,19-20H,18H2,(H,32,33,34). The van der Waals surface area contributed by atoms with Gasteiger partial charge in [0.2, 0.25) is 5.95 Å². The number of anilines is 2. The summed E-state index contributed by atoms with van der Waals surface area (Å²) < 4.78 is 1.24. The fourth-order valence-electron chi connectivity index (χ4n) is 4.20. The number of hydrogen-bond donors (Lipinski definition) is 1. The van der Waals surface area contributed by atoms with Gasteiger partial charge in [0.25, 0.3) is 0 Å². The quantitative estimate of drug-likeness (QED) is 0.270. The van der Waals surface area contributed by atoms with Crippen LogP contribution in [0.25, 0.3) is 31.9 Å². The largest absolute Gasteiger partial charge is 0.324 e. The van der Waals surface area contributed by atoms with E-state index in [1.54, 1.807) is 17.5 Å². The molecule has 0 radical (unpaired) electrons. The number of fused-ring (bicyclic) bond motifs is 1. The Morgan fingerprint density at radius 3 is 2.23 bits per heavy atom. The fraction of sp³-hybridized carbons (Fsp3) is 0.0333. The van der Waals surface area contributed by atoms with Gasteiger partial charge in [-0.05, 0) is 47.3 Å². The number of para-hydroxylation sites is 1. The number of benzene rings is 3. The van der Waals surface area contributed by atoms with Crippen LogP contribution in [0.5, 0.6) is 0 Å². The van der Waals surface area contributed by atoms with Crippen LogP contribution in [0.1, 0.15) is 11.1 Å². The van der Waals surface area contributed by atoms with E-state index in [9.17, 15) is 0 Å². The molecular weight excluding hydrogens is 448 g/mol. The summed E-state index contributed by atoms with van der Waals surface area (Å²) in [5, 5.41) is 4.63. The molecule has 0 aliphatic heterocycles. The maximum absolute atomic E-state index is 5.08. The van der Waals surface area contributed by atoms with Crippen molar-refractivity contribution < 1.29 is 0 Å². The Bertz CT molecular complexity index is 1550. The van der Waals surface area contributed by atoms with Crippen LogP contribution < -0.4 is 5.32 Å². The van der Waals surface area contributed by atoms with Crippen molar-refractivity contribution in [2.45, 2.75) is 6.42 Å². The number of thiophene rings is 1. The number of nitrogens with zero attached hydrogens (tertiary/aromatic N) is 3. The Morgan fingerprint density at radius 2 is 1.46 bits per heavy atom. The van der Waals surface area contributed by atoms with E-state index in [1.807, 2.05) is 48.7 Å². The van der Waals surface area contributed by atoms with Crippen LogP contribution in [0, 0.1) is 0 Å². The van der Waals surface area contributed by atoms with E-state index in [-0.39, 0.29) is 0 Å². The van der Waals surface area contributed by atoms with Gasteiger partial charge in [0.1, 0.15) is 0 Å². The van der Waals surface area contributed by atoms with E-state index in [0.717, 1.165) is 39.5 Å². The van der Waals surface area contributed by atoms with Crippen LogP contribution in [0.15, 0.2) is 116 Å². The van der Waals surface area contributed by atoms with Crippen molar-refractivity contribution >= 4 is 33.1 Å². The Kier molecular flexibility index (Phi) is 5.75. The Balaban J connectivity index is 1.59. The number of hydrogen-bond acceptors (Lipinski definition) is 5. The minimum absolute atomic E-state index is 0.569. The van der Waals surface area contributed by atoms with Gasteiger partial charge < -0.3 is 5.32 Å². The molecule has 0 bridgehead atoms. The maximum Gasteiger partial charge on any atom is 0.228 e. The van der Waals surface area contributed by atoms with Gasteiger partial charge in [0.05, 0.1) is 16.3 Å². The predicted octanol–water partition coefficient (Wildman–Crippen LogP) is 7.75. The van der Waals surface area contributed by atoms with Crippen molar-refractivity contribution in [2.75, 3.05) is 5.32 Å². The smallest absolute Gasteiger partial charge is 0.228 e. The monoisotopic (exact) mass is 470 g/mol. The highest BCUT2D eigenvalue weighted by molar-refractivity contribution is 7.22. The lowest BCUT2D eigenvalue weighted by Gasteiger charge is -2.16. The van der Waals surface area contributed by atoms with Crippen LogP contribution in [-0.4, -0.2) is 15.0 Å². The Labute approximate surface area is 208 Å². The SMILES string of the molecule is c1ccc(Cc2c(-c3cccnc3)nc(Nc3ccccc3)nc2-c2cc3ccccc3s2)cc1. The molecule has 4 nitrogen and oxygen atoms in total. The highest BCUT2D eigenvalue weighted by atomic mass is 32.1. The van der Waals surface area contributed by atoms with Crippen LogP contribution in [0.4, 0.5) is 11.6 Å². The van der Waals surface area contributed by atoms with Crippen LogP contribution >= 0.6 is 11.3 Å². The van der Waals surface area contributed by atoms with Crippen molar-refractivity contribution in [3.8, 4) is 21.8 Å². The summed E-state index contributed by atoms with van der Waals surface area (Å²) in [5.74, 6) is 0.569. The van der Waals surface area contributed by atoms with E-state index >= 15 is 0 Å². The molecule has 168 valence electrons. The van der Waals surface area contributed by atoms with E-state index in [4.69, 9.17) is 9.97 Å². The summed E-state index contributed by atoms with van der Waals surface area (Å²) in [6, 6.07) is 35.2. The van der Waals surface area contributed by atoms with Crippen molar-refractivity contribution in [2.24, 2.45) is 0 Å². The molecule has 6 aromatic rings. The number of nitrogens with one attached hydrogen (secondary N) is 1. The summed E-state index contributed by atoms with van der Waals surface area (Å²) >= 11 is 1.76. The molecule has 3 aromatic carbocycles. The van der Waals surface area contributed by atoms with E-state index in [0.29, 0.717) is 5.95 Å². The fourth-order valence-corrected chi connectivity index (χ4v) is 5.28. The third-order valence-electron chi connectivity index (χ3n) is 5.85. The molecule has 0 unspecified atom stereocenters. The van der Waals surface area contributed by atoms with Gasteiger partial charge in [-0.3, -0.25) is 4.98 Å². The lowest BCUT2D eigenvalue weighted by Crippen LogP contribution is -2.06. The van der Waals surface area contributed by atoms with Crippen LogP contribution in [-0.2, 0) is 6.42 Å². The zero-order valence-corrected chi connectivity index (χ0v) is 19.7. The highest BCUT2D eigenvalue weighted by Crippen LogP contribution is 2.38. The highest BCUT2D eigenvalue weighted by Gasteiger charge is 2.20. The number of rotatable bonds is 6. The first-order valence-corrected chi connectivity index (χ1v) is 12.3. The van der Waals surface area contributed by atoms with Crippen LogP contribution in [0.3, 0.4) is 0 Å². The molecule has 0 aliphatic rings. The van der Waals surface area contributed by atoms with Crippen molar-refractivity contribution in [3.63, 3.8) is 0 Å². The number of aromatic nitrogens is 3. The van der Waals surface area contributed by atoms with E-state index in [1.165, 1.54) is 15.6 Å². The molecule has 0 aliphatic carbocycles. The van der Waals surface area contributed by atoms with Gasteiger partial charge in [-0.15, -0.1) is 11.3 Å². The normalized spacial score (nSPS) is 11.0. The summed E-state index contributed by atoms with van der Waals surface area (Å²) in [4.78, 5) is 15.6. The third kappa shape index (κ3) is 4.54. The second-order valence-electron chi connectivity index (χ2n) is 8.27. The lowest BCUT2D eigenvalue weighted by molar-refractivity contribution is 1.09. The first-order valence-electron chi connectivity index (χ1n) is 11.5. The first-order chi connectivity index (χ1) is 17.3. The molecule has 5 heteroatoms. The van der Waals surface area contributed by atoms with Crippen molar-refractivity contribution in [3.05, 3.63) is 127 Å². The maximum atomic E-state index is 5.08. The molecule has 0 saturated heterocycles. The van der Waals surface area contributed by atoms with Gasteiger partial charge in [-0.25, -0.2) is 9.97 Å². The topological polar surface area (TPSA) is 50.7 Å². The molecular formula is C30H22N4S. The minimum Gasteiger partial charge on any atom is -0.324 e. The van der Waals surface area contributed by atoms with Gasteiger partial charge in [0.15, 0.2) is 0 Å². The summed E-state index contributed by atoms with van der Waals surface area (Å²) in [7, 11) is 0. The average Bonchev–Trinajstić information content (AvgIpc) is 3.35. The molecule has 0 amide bonds. The van der Waals surface area contributed by atoms with E-state index < -0.39 is 0 Å². The Hall–Kier alpha value is -4.35. The van der Waals surface area contributed by atoms with Gasteiger partial charge in [-0.1, -0.05) is 66.7 Å².